The summed E-state index contributed by atoms with van der Waals surface area (Å²) >= 11 is 11.8. The van der Waals surface area contributed by atoms with Crippen LogP contribution >= 0.6 is 23.2 Å². The number of halogens is 2. The van der Waals surface area contributed by atoms with Crippen molar-refractivity contribution in [2.45, 2.75) is 6.61 Å². The number of hydrogen-bond donors (Lipinski definition) is 1. The number of nitrogens with two attached hydrogens (primary N) is 1. The molecule has 0 aromatic heterocycles. The van der Waals surface area contributed by atoms with Gasteiger partial charge in [-0.2, -0.15) is 0 Å². The fraction of sp³-hybridized carbons (Fsp3) is 0.0769. The summed E-state index contributed by atoms with van der Waals surface area (Å²) in [5.74, 6) is 0.673. The Bertz CT molecular complexity index is 529. The molecule has 0 radical (unpaired) electrons. The number of nitrogen functional groups attached to an aromatic ring is 1. The third kappa shape index (κ3) is 3.05. The molecule has 0 spiro atoms. The zero-order valence-corrected chi connectivity index (χ0v) is 10.5. The summed E-state index contributed by atoms with van der Waals surface area (Å²) < 4.78 is 5.59. The summed E-state index contributed by atoms with van der Waals surface area (Å²) in [5, 5.41) is 1.21. The van der Waals surface area contributed by atoms with Crippen molar-refractivity contribution in [1.29, 1.82) is 0 Å². The molecular formula is C13H11Cl2NO. The van der Waals surface area contributed by atoms with Crippen LogP contribution in [0.3, 0.4) is 0 Å². The molecule has 88 valence electrons. The third-order valence-electron chi connectivity index (χ3n) is 2.32. The van der Waals surface area contributed by atoms with E-state index in [1.807, 2.05) is 24.3 Å². The Hall–Kier alpha value is -1.38. The molecule has 0 amide bonds. The Morgan fingerprint density at radius 3 is 2.47 bits per heavy atom. The lowest BCUT2D eigenvalue weighted by Gasteiger charge is -2.08. The molecule has 0 bridgehead atoms. The van der Waals surface area contributed by atoms with Crippen LogP contribution in [-0.2, 0) is 6.61 Å². The van der Waals surface area contributed by atoms with Gasteiger partial charge >= 0.3 is 0 Å². The highest BCUT2D eigenvalue weighted by Crippen LogP contribution is 2.25. The van der Waals surface area contributed by atoms with Crippen molar-refractivity contribution in [2.24, 2.45) is 0 Å². The van der Waals surface area contributed by atoms with Crippen LogP contribution in [0, 0.1) is 0 Å². The Labute approximate surface area is 110 Å². The second kappa shape index (κ2) is 5.30. The van der Waals surface area contributed by atoms with Crippen LogP contribution in [0.1, 0.15) is 5.56 Å². The predicted octanol–water partition coefficient (Wildman–Crippen LogP) is 4.15. The van der Waals surface area contributed by atoms with Gasteiger partial charge in [-0.15, -0.1) is 0 Å². The van der Waals surface area contributed by atoms with Crippen LogP contribution < -0.4 is 10.5 Å². The second-order valence-corrected chi connectivity index (χ2v) is 4.38. The topological polar surface area (TPSA) is 35.2 Å². The summed E-state index contributed by atoms with van der Waals surface area (Å²) in [5.41, 5.74) is 7.12. The first kappa shape index (κ1) is 12.1. The zero-order valence-electron chi connectivity index (χ0n) is 8.99. The third-order valence-corrected chi connectivity index (χ3v) is 3.03. The summed E-state index contributed by atoms with van der Waals surface area (Å²) in [6.07, 6.45) is 0. The van der Waals surface area contributed by atoms with E-state index >= 15 is 0 Å². The van der Waals surface area contributed by atoms with E-state index in [0.717, 1.165) is 5.56 Å². The highest BCUT2D eigenvalue weighted by molar-refractivity contribution is 6.33. The molecule has 2 nitrogen and oxygen atoms in total. The van der Waals surface area contributed by atoms with Gasteiger partial charge in [0.1, 0.15) is 12.4 Å². The standard InChI is InChI=1S/C13H11Cl2NO/c14-11-4-2-1-3-9(11)8-17-10-5-6-12(15)13(16)7-10/h1-7H,8,16H2. The second-order valence-electron chi connectivity index (χ2n) is 3.56. The number of rotatable bonds is 3. The summed E-state index contributed by atoms with van der Waals surface area (Å²) in [4.78, 5) is 0. The first-order chi connectivity index (χ1) is 8.16. The highest BCUT2D eigenvalue weighted by Gasteiger charge is 2.02. The molecule has 2 rings (SSSR count). The van der Waals surface area contributed by atoms with Crippen molar-refractivity contribution in [2.75, 3.05) is 5.73 Å². The first-order valence-electron chi connectivity index (χ1n) is 5.08. The smallest absolute Gasteiger partial charge is 0.121 e. The van der Waals surface area contributed by atoms with Crippen LogP contribution in [0.2, 0.25) is 10.0 Å². The zero-order chi connectivity index (χ0) is 12.3. The van der Waals surface area contributed by atoms with E-state index in [-0.39, 0.29) is 0 Å². The van der Waals surface area contributed by atoms with Gasteiger partial charge in [0.15, 0.2) is 0 Å². The van der Waals surface area contributed by atoms with Crippen LogP contribution in [0.25, 0.3) is 0 Å². The predicted molar refractivity (Wildman–Crippen MR) is 71.6 cm³/mol. The van der Waals surface area contributed by atoms with Gasteiger partial charge in [-0.1, -0.05) is 41.4 Å². The Morgan fingerprint density at radius 2 is 1.76 bits per heavy atom. The van der Waals surface area contributed by atoms with Gasteiger partial charge in [0.2, 0.25) is 0 Å². The van der Waals surface area contributed by atoms with Gasteiger partial charge in [0.25, 0.3) is 0 Å². The van der Waals surface area contributed by atoms with Gasteiger partial charge in [-0.3, -0.25) is 0 Å². The van der Waals surface area contributed by atoms with E-state index in [4.69, 9.17) is 33.7 Å². The minimum atomic E-state index is 0.404. The van der Waals surface area contributed by atoms with Crippen LogP contribution in [0.15, 0.2) is 42.5 Å². The SMILES string of the molecule is Nc1cc(OCc2ccccc2Cl)ccc1Cl. The highest BCUT2D eigenvalue weighted by atomic mass is 35.5. The number of ether oxygens (including phenoxy) is 1. The molecule has 0 unspecified atom stereocenters. The van der Waals surface area contributed by atoms with Gasteiger partial charge in [-0.05, 0) is 18.2 Å². The van der Waals surface area contributed by atoms with Crippen LogP contribution in [-0.4, -0.2) is 0 Å². The number of anilines is 1. The lowest BCUT2D eigenvalue weighted by atomic mass is 10.2. The van der Waals surface area contributed by atoms with E-state index in [0.29, 0.717) is 28.1 Å². The molecule has 0 saturated carbocycles. The van der Waals surface area contributed by atoms with Crippen molar-refractivity contribution in [3.05, 3.63) is 58.1 Å². The Kier molecular flexibility index (Phi) is 3.77. The van der Waals surface area contributed by atoms with Gasteiger partial charge in [0, 0.05) is 16.7 Å². The van der Waals surface area contributed by atoms with Crippen molar-refractivity contribution in [3.8, 4) is 5.75 Å². The van der Waals surface area contributed by atoms with E-state index in [1.165, 1.54) is 0 Å². The van der Waals surface area contributed by atoms with Gasteiger partial charge in [0.05, 0.1) is 10.7 Å². The number of hydrogen-bond acceptors (Lipinski definition) is 2. The van der Waals surface area contributed by atoms with E-state index in [2.05, 4.69) is 0 Å². The molecule has 17 heavy (non-hydrogen) atoms. The molecule has 0 saturated heterocycles. The lowest BCUT2D eigenvalue weighted by molar-refractivity contribution is 0.306. The van der Waals surface area contributed by atoms with Crippen molar-refractivity contribution in [3.63, 3.8) is 0 Å². The van der Waals surface area contributed by atoms with E-state index < -0.39 is 0 Å². The quantitative estimate of drug-likeness (QED) is 0.848. The monoisotopic (exact) mass is 267 g/mol. The summed E-state index contributed by atoms with van der Waals surface area (Å²) in [6, 6.07) is 12.7. The molecule has 2 N–H and O–H groups in total. The average Bonchev–Trinajstić information content (AvgIpc) is 2.32. The Balaban J connectivity index is 2.08. The molecule has 0 aliphatic rings. The maximum Gasteiger partial charge on any atom is 0.121 e. The minimum absolute atomic E-state index is 0.404. The molecule has 0 heterocycles. The molecule has 0 fully saturated rings. The maximum absolute atomic E-state index is 6.02. The average molecular weight is 268 g/mol. The molecule has 0 aliphatic carbocycles. The fourth-order valence-corrected chi connectivity index (χ4v) is 1.70. The number of benzene rings is 2. The molecular weight excluding hydrogens is 257 g/mol. The maximum atomic E-state index is 6.02. The van der Waals surface area contributed by atoms with E-state index in [9.17, 15) is 0 Å². The Morgan fingerprint density at radius 1 is 1.00 bits per heavy atom. The van der Waals surface area contributed by atoms with Crippen molar-refractivity contribution >= 4 is 28.9 Å². The normalized spacial score (nSPS) is 10.2. The van der Waals surface area contributed by atoms with Crippen molar-refractivity contribution in [1.82, 2.24) is 0 Å². The fourth-order valence-electron chi connectivity index (χ4n) is 1.39. The lowest BCUT2D eigenvalue weighted by Crippen LogP contribution is -1.97. The summed E-state index contributed by atoms with van der Waals surface area (Å²) in [6.45, 7) is 0.404. The van der Waals surface area contributed by atoms with E-state index in [1.54, 1.807) is 18.2 Å². The molecule has 2 aromatic rings. The molecule has 2 aromatic carbocycles. The minimum Gasteiger partial charge on any atom is -0.489 e. The summed E-state index contributed by atoms with van der Waals surface area (Å²) in [7, 11) is 0. The first-order valence-corrected chi connectivity index (χ1v) is 5.83. The van der Waals surface area contributed by atoms with Gasteiger partial charge in [-0.25, -0.2) is 0 Å². The van der Waals surface area contributed by atoms with Crippen LogP contribution in [0.5, 0.6) is 5.75 Å². The van der Waals surface area contributed by atoms with Crippen LogP contribution in [0.4, 0.5) is 5.69 Å². The molecule has 4 heteroatoms. The molecule has 0 aliphatic heterocycles. The molecule has 0 atom stereocenters. The van der Waals surface area contributed by atoms with Crippen molar-refractivity contribution < 1.29 is 4.74 Å². The largest absolute Gasteiger partial charge is 0.489 e. The van der Waals surface area contributed by atoms with Gasteiger partial charge < -0.3 is 10.5 Å².